The maximum atomic E-state index is 12.2. The highest BCUT2D eigenvalue weighted by molar-refractivity contribution is 5.81. The molecule has 0 atom stereocenters. The van der Waals surface area contributed by atoms with Crippen LogP contribution in [0.3, 0.4) is 0 Å². The molecule has 0 aliphatic rings. The minimum absolute atomic E-state index is 0.182. The smallest absolute Gasteiger partial charge is 0.308 e. The SMILES string of the molecule is Cc1c(CC(=O)O)c(=O)c2ccccc2n1C. The van der Waals surface area contributed by atoms with E-state index in [-0.39, 0.29) is 11.8 Å². The molecule has 1 aromatic heterocycles. The Balaban J connectivity index is 2.86. The molecule has 0 bridgehead atoms. The molecule has 2 rings (SSSR count). The van der Waals surface area contributed by atoms with Crippen molar-refractivity contribution in [1.82, 2.24) is 4.57 Å². The summed E-state index contributed by atoms with van der Waals surface area (Å²) in [4.78, 5) is 22.9. The van der Waals surface area contributed by atoms with Crippen LogP contribution in [0.4, 0.5) is 0 Å². The Kier molecular flexibility index (Phi) is 2.71. The van der Waals surface area contributed by atoms with Crippen LogP contribution in [0.1, 0.15) is 11.3 Å². The van der Waals surface area contributed by atoms with Crippen LogP contribution in [0.5, 0.6) is 0 Å². The number of fused-ring (bicyclic) bond motifs is 1. The summed E-state index contributed by atoms with van der Waals surface area (Å²) in [7, 11) is 1.84. The fraction of sp³-hybridized carbons (Fsp3) is 0.231. The van der Waals surface area contributed by atoms with Gasteiger partial charge >= 0.3 is 5.97 Å². The van der Waals surface area contributed by atoms with Crippen molar-refractivity contribution in [3.63, 3.8) is 0 Å². The Morgan fingerprint density at radius 2 is 2.00 bits per heavy atom. The van der Waals surface area contributed by atoms with E-state index in [1.807, 2.05) is 23.7 Å². The lowest BCUT2D eigenvalue weighted by atomic mass is 10.1. The predicted octanol–water partition coefficient (Wildman–Crippen LogP) is 1.47. The van der Waals surface area contributed by atoms with Gasteiger partial charge in [-0.1, -0.05) is 12.1 Å². The number of pyridine rings is 1. The van der Waals surface area contributed by atoms with Crippen LogP contribution >= 0.6 is 0 Å². The molecule has 0 aliphatic carbocycles. The topological polar surface area (TPSA) is 59.3 Å². The third-order valence-electron chi connectivity index (χ3n) is 3.05. The predicted molar refractivity (Wildman–Crippen MR) is 65.3 cm³/mol. The number of hydrogen-bond donors (Lipinski definition) is 1. The van der Waals surface area contributed by atoms with Crippen molar-refractivity contribution in [2.24, 2.45) is 7.05 Å². The van der Waals surface area contributed by atoms with E-state index in [0.717, 1.165) is 5.52 Å². The third kappa shape index (κ3) is 1.82. The summed E-state index contributed by atoms with van der Waals surface area (Å²) in [6.45, 7) is 1.77. The molecule has 0 amide bonds. The van der Waals surface area contributed by atoms with E-state index in [1.165, 1.54) is 0 Å². The van der Waals surface area contributed by atoms with E-state index in [4.69, 9.17) is 5.11 Å². The first kappa shape index (κ1) is 11.4. The van der Waals surface area contributed by atoms with Crippen molar-refractivity contribution in [2.45, 2.75) is 13.3 Å². The molecule has 4 nitrogen and oxygen atoms in total. The molecule has 4 heteroatoms. The zero-order valence-electron chi connectivity index (χ0n) is 9.73. The summed E-state index contributed by atoms with van der Waals surface area (Å²) in [5.74, 6) is -0.986. The number of benzene rings is 1. The summed E-state index contributed by atoms with van der Waals surface area (Å²) < 4.78 is 1.86. The van der Waals surface area contributed by atoms with Gasteiger partial charge in [-0.05, 0) is 19.1 Å². The van der Waals surface area contributed by atoms with Crippen LogP contribution in [0.2, 0.25) is 0 Å². The van der Waals surface area contributed by atoms with E-state index in [0.29, 0.717) is 16.6 Å². The highest BCUT2D eigenvalue weighted by atomic mass is 16.4. The third-order valence-corrected chi connectivity index (χ3v) is 3.05. The van der Waals surface area contributed by atoms with Gasteiger partial charge in [0.15, 0.2) is 5.43 Å². The lowest BCUT2D eigenvalue weighted by Crippen LogP contribution is -2.20. The first-order valence-corrected chi connectivity index (χ1v) is 5.31. The molecule has 0 saturated heterocycles. The van der Waals surface area contributed by atoms with Crippen LogP contribution in [0.25, 0.3) is 10.9 Å². The summed E-state index contributed by atoms with van der Waals surface area (Å²) in [5, 5.41) is 9.40. The molecular formula is C13H13NO3. The van der Waals surface area contributed by atoms with Crippen molar-refractivity contribution in [3.8, 4) is 0 Å². The van der Waals surface area contributed by atoms with Crippen LogP contribution in [-0.4, -0.2) is 15.6 Å². The summed E-state index contributed by atoms with van der Waals surface area (Å²) >= 11 is 0. The molecule has 0 fully saturated rings. The number of carboxylic acids is 1. The summed E-state index contributed by atoms with van der Waals surface area (Å²) in [6, 6.07) is 7.22. The molecule has 2 aromatic rings. The fourth-order valence-electron chi connectivity index (χ4n) is 2.03. The van der Waals surface area contributed by atoms with Crippen molar-refractivity contribution in [3.05, 3.63) is 45.7 Å². The summed E-state index contributed by atoms with van der Waals surface area (Å²) in [5.41, 5.74) is 1.71. The molecular weight excluding hydrogens is 218 g/mol. The Hall–Kier alpha value is -2.10. The largest absolute Gasteiger partial charge is 0.481 e. The average Bonchev–Trinajstić information content (AvgIpc) is 2.31. The van der Waals surface area contributed by atoms with Crippen LogP contribution < -0.4 is 5.43 Å². The van der Waals surface area contributed by atoms with Gasteiger partial charge in [0, 0.05) is 23.7 Å². The number of carboxylic acid groups (broad SMARTS) is 1. The Morgan fingerprint density at radius 3 is 2.65 bits per heavy atom. The lowest BCUT2D eigenvalue weighted by molar-refractivity contribution is -0.136. The first-order chi connectivity index (χ1) is 8.02. The van der Waals surface area contributed by atoms with E-state index in [2.05, 4.69) is 0 Å². The number of para-hydroxylation sites is 1. The molecule has 1 heterocycles. The molecule has 0 aliphatic heterocycles. The molecule has 88 valence electrons. The quantitative estimate of drug-likeness (QED) is 0.851. The normalized spacial score (nSPS) is 10.7. The van der Waals surface area contributed by atoms with Gasteiger partial charge in [-0.3, -0.25) is 9.59 Å². The van der Waals surface area contributed by atoms with Gasteiger partial charge in [-0.2, -0.15) is 0 Å². The minimum atomic E-state index is -0.986. The number of aromatic nitrogens is 1. The second kappa shape index (κ2) is 4.05. The first-order valence-electron chi connectivity index (χ1n) is 5.31. The highest BCUT2D eigenvalue weighted by Gasteiger charge is 2.14. The van der Waals surface area contributed by atoms with E-state index >= 15 is 0 Å². The van der Waals surface area contributed by atoms with E-state index in [9.17, 15) is 9.59 Å². The second-order valence-corrected chi connectivity index (χ2v) is 4.04. The fourth-order valence-corrected chi connectivity index (χ4v) is 2.03. The highest BCUT2D eigenvalue weighted by Crippen LogP contribution is 2.14. The Morgan fingerprint density at radius 1 is 1.35 bits per heavy atom. The number of nitrogens with zero attached hydrogens (tertiary/aromatic N) is 1. The maximum Gasteiger partial charge on any atom is 0.308 e. The van der Waals surface area contributed by atoms with Crippen LogP contribution in [-0.2, 0) is 18.3 Å². The lowest BCUT2D eigenvalue weighted by Gasteiger charge is -2.12. The van der Waals surface area contributed by atoms with Gasteiger partial charge in [0.2, 0.25) is 0 Å². The van der Waals surface area contributed by atoms with Crippen molar-refractivity contribution >= 4 is 16.9 Å². The number of aliphatic carboxylic acids is 1. The van der Waals surface area contributed by atoms with Crippen LogP contribution in [0.15, 0.2) is 29.1 Å². The van der Waals surface area contributed by atoms with Gasteiger partial charge in [0.1, 0.15) is 0 Å². The molecule has 0 spiro atoms. The Bertz CT molecular complexity index is 655. The van der Waals surface area contributed by atoms with Crippen LogP contribution in [0, 0.1) is 6.92 Å². The molecule has 0 unspecified atom stereocenters. The number of rotatable bonds is 2. The number of aryl methyl sites for hydroxylation is 1. The van der Waals surface area contributed by atoms with Gasteiger partial charge in [0.25, 0.3) is 0 Å². The van der Waals surface area contributed by atoms with Crippen molar-refractivity contribution < 1.29 is 9.90 Å². The van der Waals surface area contributed by atoms with E-state index in [1.54, 1.807) is 19.1 Å². The zero-order valence-corrected chi connectivity index (χ0v) is 9.73. The van der Waals surface area contributed by atoms with Gasteiger partial charge in [0.05, 0.1) is 11.9 Å². The molecule has 17 heavy (non-hydrogen) atoms. The van der Waals surface area contributed by atoms with Gasteiger partial charge in [-0.25, -0.2) is 0 Å². The van der Waals surface area contributed by atoms with Gasteiger partial charge < -0.3 is 9.67 Å². The molecule has 0 saturated carbocycles. The van der Waals surface area contributed by atoms with Crippen molar-refractivity contribution in [1.29, 1.82) is 0 Å². The van der Waals surface area contributed by atoms with Crippen molar-refractivity contribution in [2.75, 3.05) is 0 Å². The summed E-state index contributed by atoms with van der Waals surface area (Å²) in [6.07, 6.45) is -0.233. The Labute approximate surface area is 98.1 Å². The van der Waals surface area contributed by atoms with E-state index < -0.39 is 5.97 Å². The molecule has 1 N–H and O–H groups in total. The molecule has 0 radical (unpaired) electrons. The second-order valence-electron chi connectivity index (χ2n) is 4.04. The number of carbonyl (C=O) groups is 1. The average molecular weight is 231 g/mol. The zero-order chi connectivity index (χ0) is 12.6. The minimum Gasteiger partial charge on any atom is -0.481 e. The number of hydrogen-bond acceptors (Lipinski definition) is 2. The monoisotopic (exact) mass is 231 g/mol. The maximum absolute atomic E-state index is 12.2. The molecule has 1 aromatic carbocycles. The standard InChI is InChI=1S/C13H13NO3/c1-8-10(7-12(15)16)13(17)9-5-3-4-6-11(9)14(8)2/h3-6H,7H2,1-2H3,(H,15,16). The van der Waals surface area contributed by atoms with Gasteiger partial charge in [-0.15, -0.1) is 0 Å².